The van der Waals surface area contributed by atoms with Crippen LogP contribution in [0.5, 0.6) is 11.5 Å². The quantitative estimate of drug-likeness (QED) is 0.158. The van der Waals surface area contributed by atoms with E-state index in [1.54, 1.807) is 7.11 Å². The fourth-order valence-corrected chi connectivity index (χ4v) is 9.71. The maximum Gasteiger partial charge on any atom is 0.317 e. The predicted octanol–water partition coefficient (Wildman–Crippen LogP) is 7.11. The Bertz CT molecular complexity index is 1110. The Morgan fingerprint density at radius 1 is 1.11 bits per heavy atom. The molecule has 5 aliphatic carbocycles. The smallest absolute Gasteiger partial charge is 0.317 e. The molecule has 6 fully saturated rings. The number of amides is 1. The SMILES string of the molecule is COc1cc(/C=C2/SC(=S)N(C3CCCCC3)C2=O)cc(Br)c1OC(=O)C12CC3CC(CC(C3)C1)C2. The molecule has 8 heteroatoms. The standard InChI is InChI=1S/C28H32BrNO4S2/c1-33-22-11-16(12-23-25(31)30(27(35)36-23)20-5-3-2-4-6-20)10-21(29)24(22)34-26(32)28-13-17-7-18(14-28)9-19(8-17)15-28/h10-12,17-20H,2-9,13-15H2,1H3/b23-12+. The van der Waals surface area contributed by atoms with Gasteiger partial charge in [-0.3, -0.25) is 14.5 Å². The van der Waals surface area contributed by atoms with Crippen molar-refractivity contribution in [3.63, 3.8) is 0 Å². The molecule has 6 aliphatic rings. The number of thioether (sulfide) groups is 1. The molecule has 1 amide bonds. The Balaban J connectivity index is 1.22. The fraction of sp³-hybridized carbons (Fsp3) is 0.607. The number of esters is 1. The third-order valence-electron chi connectivity index (χ3n) is 8.98. The molecule has 192 valence electrons. The van der Waals surface area contributed by atoms with Crippen LogP contribution in [0.4, 0.5) is 0 Å². The summed E-state index contributed by atoms with van der Waals surface area (Å²) in [6, 6.07) is 3.93. The summed E-state index contributed by atoms with van der Waals surface area (Å²) in [6.45, 7) is 0. The first kappa shape index (κ1) is 24.9. The van der Waals surface area contributed by atoms with Gasteiger partial charge in [0, 0.05) is 6.04 Å². The Labute approximate surface area is 230 Å². The molecule has 1 aromatic rings. The van der Waals surface area contributed by atoms with E-state index in [0.29, 0.717) is 43.0 Å². The van der Waals surface area contributed by atoms with Gasteiger partial charge in [-0.25, -0.2) is 0 Å². The molecule has 4 bridgehead atoms. The number of thiocarbonyl (C=S) groups is 1. The lowest BCUT2D eigenvalue weighted by atomic mass is 9.49. The van der Waals surface area contributed by atoms with E-state index in [0.717, 1.165) is 50.5 Å². The number of rotatable bonds is 5. The maximum absolute atomic E-state index is 13.5. The molecule has 7 rings (SSSR count). The van der Waals surface area contributed by atoms with E-state index in [1.165, 1.54) is 37.4 Å². The van der Waals surface area contributed by atoms with E-state index in [1.807, 2.05) is 23.1 Å². The van der Waals surface area contributed by atoms with Crippen LogP contribution in [-0.2, 0) is 9.59 Å². The lowest BCUT2D eigenvalue weighted by molar-refractivity contribution is -0.161. The Morgan fingerprint density at radius 2 is 1.75 bits per heavy atom. The zero-order valence-electron chi connectivity index (χ0n) is 20.6. The van der Waals surface area contributed by atoms with Crippen molar-refractivity contribution in [1.29, 1.82) is 0 Å². The van der Waals surface area contributed by atoms with Crippen LogP contribution in [0.1, 0.15) is 76.2 Å². The van der Waals surface area contributed by atoms with Crippen LogP contribution in [0, 0.1) is 23.2 Å². The van der Waals surface area contributed by atoms with Crippen LogP contribution < -0.4 is 9.47 Å². The lowest BCUT2D eigenvalue weighted by Gasteiger charge is -2.55. The van der Waals surface area contributed by atoms with Crippen molar-refractivity contribution in [3.8, 4) is 11.5 Å². The zero-order valence-corrected chi connectivity index (χ0v) is 23.8. The topological polar surface area (TPSA) is 55.8 Å². The summed E-state index contributed by atoms with van der Waals surface area (Å²) in [5.41, 5.74) is 0.461. The zero-order chi connectivity index (χ0) is 25.0. The summed E-state index contributed by atoms with van der Waals surface area (Å²) >= 11 is 10.6. The number of hydrogen-bond donors (Lipinski definition) is 0. The molecule has 0 radical (unpaired) electrons. The molecule has 0 spiro atoms. The highest BCUT2D eigenvalue weighted by Gasteiger charge is 2.55. The highest BCUT2D eigenvalue weighted by Crippen LogP contribution is 2.60. The first-order valence-electron chi connectivity index (χ1n) is 13.2. The van der Waals surface area contributed by atoms with Crippen LogP contribution in [0.25, 0.3) is 6.08 Å². The van der Waals surface area contributed by atoms with Gasteiger partial charge in [0.05, 0.1) is 21.9 Å². The highest BCUT2D eigenvalue weighted by atomic mass is 79.9. The maximum atomic E-state index is 13.5. The van der Waals surface area contributed by atoms with Crippen molar-refractivity contribution in [2.45, 2.75) is 76.7 Å². The van der Waals surface area contributed by atoms with Gasteiger partial charge >= 0.3 is 5.97 Å². The molecule has 1 aromatic carbocycles. The number of methoxy groups -OCH3 is 1. The van der Waals surface area contributed by atoms with Gasteiger partial charge < -0.3 is 9.47 Å². The number of hydrogen-bond acceptors (Lipinski definition) is 6. The summed E-state index contributed by atoms with van der Waals surface area (Å²) in [7, 11) is 1.58. The number of nitrogens with zero attached hydrogens (tertiary/aromatic N) is 1. The van der Waals surface area contributed by atoms with Crippen LogP contribution in [0.3, 0.4) is 0 Å². The molecule has 0 aromatic heterocycles. The highest BCUT2D eigenvalue weighted by molar-refractivity contribution is 9.10. The number of halogens is 1. The van der Waals surface area contributed by atoms with Gasteiger partial charge in [0.15, 0.2) is 11.5 Å². The van der Waals surface area contributed by atoms with E-state index in [-0.39, 0.29) is 23.3 Å². The van der Waals surface area contributed by atoms with Crippen molar-refractivity contribution in [1.82, 2.24) is 4.90 Å². The van der Waals surface area contributed by atoms with E-state index < -0.39 is 0 Å². The van der Waals surface area contributed by atoms with Gasteiger partial charge in [-0.15, -0.1) is 0 Å². The van der Waals surface area contributed by atoms with Gasteiger partial charge in [0.1, 0.15) is 4.32 Å². The monoisotopic (exact) mass is 589 g/mol. The summed E-state index contributed by atoms with van der Waals surface area (Å²) in [4.78, 5) is 29.2. The van der Waals surface area contributed by atoms with Crippen molar-refractivity contribution in [2.24, 2.45) is 23.2 Å². The van der Waals surface area contributed by atoms with Gasteiger partial charge in [-0.2, -0.15) is 0 Å². The minimum absolute atomic E-state index is 0.00990. The largest absolute Gasteiger partial charge is 0.493 e. The van der Waals surface area contributed by atoms with Gasteiger partial charge in [0.25, 0.3) is 5.91 Å². The van der Waals surface area contributed by atoms with E-state index >= 15 is 0 Å². The number of carbonyl (C=O) groups is 2. The Morgan fingerprint density at radius 3 is 2.36 bits per heavy atom. The van der Waals surface area contributed by atoms with Crippen molar-refractivity contribution in [3.05, 3.63) is 27.1 Å². The summed E-state index contributed by atoms with van der Waals surface area (Å²) in [6.07, 6.45) is 14.1. The Kier molecular flexibility index (Phi) is 6.74. The summed E-state index contributed by atoms with van der Waals surface area (Å²) in [5.74, 6) is 2.80. The second-order valence-electron chi connectivity index (χ2n) is 11.5. The first-order chi connectivity index (χ1) is 17.3. The fourth-order valence-electron chi connectivity index (χ4n) is 7.77. The number of carbonyl (C=O) groups excluding carboxylic acids is 2. The van der Waals surface area contributed by atoms with Crippen molar-refractivity contribution >= 4 is 62.2 Å². The number of ether oxygens (including phenoxy) is 2. The Hall–Kier alpha value is -1.38. The van der Waals surface area contributed by atoms with Crippen LogP contribution in [0.2, 0.25) is 0 Å². The van der Waals surface area contributed by atoms with E-state index in [2.05, 4.69) is 15.9 Å². The predicted molar refractivity (Wildman–Crippen MR) is 149 cm³/mol. The van der Waals surface area contributed by atoms with Gasteiger partial charge in [-0.1, -0.05) is 43.2 Å². The lowest BCUT2D eigenvalue weighted by Crippen LogP contribution is -2.51. The molecule has 0 atom stereocenters. The van der Waals surface area contributed by atoms with Crippen LogP contribution in [-0.4, -0.2) is 34.2 Å². The molecule has 0 N–H and O–H groups in total. The average Bonchev–Trinajstić information content (AvgIpc) is 3.12. The van der Waals surface area contributed by atoms with Gasteiger partial charge in [-0.05, 0) is 109 Å². The first-order valence-corrected chi connectivity index (χ1v) is 15.2. The van der Waals surface area contributed by atoms with Crippen LogP contribution >= 0.6 is 39.9 Å². The van der Waals surface area contributed by atoms with Crippen molar-refractivity contribution < 1.29 is 19.1 Å². The third-order valence-corrected chi connectivity index (χ3v) is 10.9. The number of benzene rings is 1. The second-order valence-corrected chi connectivity index (χ2v) is 14.0. The molecule has 0 unspecified atom stereocenters. The normalized spacial score (nSPS) is 33.0. The molecular formula is C28H32BrNO4S2. The average molecular weight is 591 g/mol. The molecule has 1 aliphatic heterocycles. The van der Waals surface area contributed by atoms with E-state index in [4.69, 9.17) is 21.7 Å². The molecule has 1 heterocycles. The molecular weight excluding hydrogens is 558 g/mol. The van der Waals surface area contributed by atoms with Gasteiger partial charge in [0.2, 0.25) is 0 Å². The second kappa shape index (κ2) is 9.73. The van der Waals surface area contributed by atoms with Crippen molar-refractivity contribution in [2.75, 3.05) is 7.11 Å². The molecule has 36 heavy (non-hydrogen) atoms. The molecule has 5 saturated carbocycles. The molecule has 5 nitrogen and oxygen atoms in total. The summed E-state index contributed by atoms with van der Waals surface area (Å²) < 4.78 is 13.0. The summed E-state index contributed by atoms with van der Waals surface area (Å²) in [5, 5.41) is 0. The third kappa shape index (κ3) is 4.45. The molecule has 1 saturated heterocycles. The minimum Gasteiger partial charge on any atom is -0.493 e. The van der Waals surface area contributed by atoms with Crippen LogP contribution in [0.15, 0.2) is 21.5 Å². The van der Waals surface area contributed by atoms with E-state index in [9.17, 15) is 9.59 Å². The minimum atomic E-state index is -0.342.